The summed E-state index contributed by atoms with van der Waals surface area (Å²) in [4.78, 5) is 26.2. The summed E-state index contributed by atoms with van der Waals surface area (Å²) >= 11 is 0. The number of benzene rings is 1. The molecular formula is C16H20N3O3+. The summed E-state index contributed by atoms with van der Waals surface area (Å²) in [6.07, 6.45) is 2.49. The van der Waals surface area contributed by atoms with Gasteiger partial charge in [0.1, 0.15) is 12.0 Å². The Bertz CT molecular complexity index is 675. The quantitative estimate of drug-likeness (QED) is 0.489. The molecule has 1 spiro atoms. The van der Waals surface area contributed by atoms with E-state index in [-0.39, 0.29) is 23.8 Å². The molecule has 4 rings (SSSR count). The molecule has 6 heteroatoms. The molecule has 3 heterocycles. The Kier molecular flexibility index (Phi) is 2.75. The van der Waals surface area contributed by atoms with Crippen LogP contribution in [0.25, 0.3) is 0 Å². The van der Waals surface area contributed by atoms with Gasteiger partial charge in [-0.2, -0.15) is 0 Å². The van der Waals surface area contributed by atoms with Crippen LogP contribution < -0.4 is 16.0 Å². The number of nitrogens with two attached hydrogens (primary N) is 1. The highest BCUT2D eigenvalue weighted by molar-refractivity contribution is 6.05. The zero-order chi connectivity index (χ0) is 15.5. The Balaban J connectivity index is 1.86. The molecule has 0 bridgehead atoms. The van der Waals surface area contributed by atoms with Gasteiger partial charge in [0, 0.05) is 30.5 Å². The minimum absolute atomic E-state index is 0.0126. The maximum Gasteiger partial charge on any atom is 0.315 e. The molecule has 4 N–H and O–H groups in total. The number of hydrogen-bond donors (Lipinski definition) is 3. The first-order valence-electron chi connectivity index (χ1n) is 7.73. The SMILES string of the molecule is COC(=O)[C@H]1C[C@@]2(C(=O)Nc3ccc(N)cc32)[NH+]2CCC[C@@H]12. The summed E-state index contributed by atoms with van der Waals surface area (Å²) in [7, 11) is 1.42. The number of carbonyl (C=O) groups is 2. The average molecular weight is 302 g/mol. The van der Waals surface area contributed by atoms with E-state index in [4.69, 9.17) is 10.5 Å². The molecule has 2 saturated heterocycles. The molecule has 1 amide bonds. The lowest BCUT2D eigenvalue weighted by Gasteiger charge is -2.29. The van der Waals surface area contributed by atoms with Crippen molar-refractivity contribution in [2.24, 2.45) is 5.92 Å². The van der Waals surface area contributed by atoms with Crippen molar-refractivity contribution in [3.8, 4) is 0 Å². The number of ether oxygens (including phenoxy) is 1. The fourth-order valence-corrected chi connectivity index (χ4v) is 4.74. The molecule has 3 aliphatic heterocycles. The van der Waals surface area contributed by atoms with E-state index >= 15 is 0 Å². The average Bonchev–Trinajstić information content (AvgIpc) is 3.15. The topological polar surface area (TPSA) is 85.9 Å². The van der Waals surface area contributed by atoms with Crippen molar-refractivity contribution < 1.29 is 19.2 Å². The number of rotatable bonds is 1. The van der Waals surface area contributed by atoms with Crippen molar-refractivity contribution >= 4 is 23.3 Å². The van der Waals surface area contributed by atoms with E-state index in [9.17, 15) is 9.59 Å². The molecule has 2 fully saturated rings. The number of hydrogen-bond acceptors (Lipinski definition) is 4. The number of fused-ring (bicyclic) bond motifs is 4. The van der Waals surface area contributed by atoms with E-state index in [1.54, 1.807) is 6.07 Å². The predicted molar refractivity (Wildman–Crippen MR) is 80.1 cm³/mol. The van der Waals surface area contributed by atoms with Crippen molar-refractivity contribution in [1.29, 1.82) is 0 Å². The van der Waals surface area contributed by atoms with Gasteiger partial charge < -0.3 is 20.7 Å². The largest absolute Gasteiger partial charge is 0.469 e. The second kappa shape index (κ2) is 4.46. The Hall–Kier alpha value is -2.08. The summed E-state index contributed by atoms with van der Waals surface area (Å²) in [6.45, 7) is 0.903. The van der Waals surface area contributed by atoms with Gasteiger partial charge in [0.15, 0.2) is 0 Å². The van der Waals surface area contributed by atoms with Gasteiger partial charge in [0.05, 0.1) is 19.3 Å². The number of nitrogen functional groups attached to an aromatic ring is 1. The highest BCUT2D eigenvalue weighted by atomic mass is 16.5. The summed E-state index contributed by atoms with van der Waals surface area (Å²) in [5.41, 5.74) is 7.66. The second-order valence-electron chi connectivity index (χ2n) is 6.52. The van der Waals surface area contributed by atoms with E-state index < -0.39 is 5.54 Å². The Morgan fingerprint density at radius 2 is 2.32 bits per heavy atom. The van der Waals surface area contributed by atoms with Gasteiger partial charge in [-0.3, -0.25) is 9.59 Å². The van der Waals surface area contributed by atoms with Crippen LogP contribution in [0, 0.1) is 5.92 Å². The molecule has 4 atom stereocenters. The van der Waals surface area contributed by atoms with Crippen LogP contribution in [-0.2, 0) is 19.9 Å². The summed E-state index contributed by atoms with van der Waals surface area (Å²) in [6, 6.07) is 5.69. The van der Waals surface area contributed by atoms with E-state index in [2.05, 4.69) is 5.32 Å². The smallest absolute Gasteiger partial charge is 0.315 e. The lowest BCUT2D eigenvalue weighted by Crippen LogP contribution is -3.19. The van der Waals surface area contributed by atoms with Crippen LogP contribution >= 0.6 is 0 Å². The van der Waals surface area contributed by atoms with Crippen LogP contribution in [0.15, 0.2) is 18.2 Å². The van der Waals surface area contributed by atoms with Gasteiger partial charge in [-0.05, 0) is 18.2 Å². The maximum absolute atomic E-state index is 12.8. The predicted octanol–water partition coefficient (Wildman–Crippen LogP) is -0.344. The van der Waals surface area contributed by atoms with Gasteiger partial charge in [0.2, 0.25) is 5.54 Å². The minimum atomic E-state index is -0.690. The summed E-state index contributed by atoms with van der Waals surface area (Å²) in [5.74, 6) is -0.437. The van der Waals surface area contributed by atoms with Crippen LogP contribution in [0.5, 0.6) is 0 Å². The van der Waals surface area contributed by atoms with Gasteiger partial charge in [0.25, 0.3) is 5.91 Å². The molecule has 1 aromatic carbocycles. The van der Waals surface area contributed by atoms with Gasteiger partial charge >= 0.3 is 5.97 Å². The second-order valence-corrected chi connectivity index (χ2v) is 6.52. The molecule has 1 aromatic rings. The monoisotopic (exact) mass is 302 g/mol. The zero-order valence-corrected chi connectivity index (χ0v) is 12.5. The molecule has 0 radical (unpaired) electrons. The van der Waals surface area contributed by atoms with E-state index in [1.165, 1.54) is 12.0 Å². The van der Waals surface area contributed by atoms with E-state index in [1.807, 2.05) is 12.1 Å². The maximum atomic E-state index is 12.8. The first-order chi connectivity index (χ1) is 10.6. The van der Waals surface area contributed by atoms with Crippen LogP contribution in [0.4, 0.5) is 11.4 Å². The van der Waals surface area contributed by atoms with Crippen molar-refractivity contribution in [3.05, 3.63) is 23.8 Å². The number of methoxy groups -OCH3 is 1. The molecular weight excluding hydrogens is 282 g/mol. The molecule has 1 unspecified atom stereocenters. The van der Waals surface area contributed by atoms with Gasteiger partial charge in [-0.25, -0.2) is 0 Å². The number of quaternary nitrogens is 1. The Morgan fingerprint density at radius 3 is 3.09 bits per heavy atom. The van der Waals surface area contributed by atoms with Crippen molar-refractivity contribution in [2.45, 2.75) is 30.8 Å². The Labute approximate surface area is 128 Å². The standard InChI is InChI=1S/C16H19N3O3/c1-22-14(20)10-8-16(19-6-2-3-13(10)19)11-7-9(17)4-5-12(11)18-15(16)21/h4-5,7,10,13H,2-3,6,8,17H2,1H3,(H,18,21)/p+1/t10-,13-,16+/m0/s1. The number of carbonyl (C=O) groups excluding carboxylic acids is 2. The van der Waals surface area contributed by atoms with Gasteiger partial charge in [-0.1, -0.05) is 0 Å². The molecule has 0 aromatic heterocycles. The van der Waals surface area contributed by atoms with E-state index in [0.717, 1.165) is 30.6 Å². The molecule has 0 aliphatic carbocycles. The lowest BCUT2D eigenvalue weighted by atomic mass is 9.84. The highest BCUT2D eigenvalue weighted by Gasteiger charge is 2.67. The first-order valence-corrected chi connectivity index (χ1v) is 7.73. The van der Waals surface area contributed by atoms with Crippen LogP contribution in [0.2, 0.25) is 0 Å². The molecule has 22 heavy (non-hydrogen) atoms. The highest BCUT2D eigenvalue weighted by Crippen LogP contribution is 2.44. The van der Waals surface area contributed by atoms with E-state index in [0.29, 0.717) is 12.1 Å². The third-order valence-corrected chi connectivity index (χ3v) is 5.61. The zero-order valence-electron chi connectivity index (χ0n) is 12.5. The number of esters is 1. The van der Waals surface area contributed by atoms with Crippen molar-refractivity contribution in [3.63, 3.8) is 0 Å². The van der Waals surface area contributed by atoms with Crippen LogP contribution in [-0.4, -0.2) is 31.6 Å². The Morgan fingerprint density at radius 1 is 1.50 bits per heavy atom. The van der Waals surface area contributed by atoms with Crippen LogP contribution in [0.3, 0.4) is 0 Å². The number of anilines is 2. The molecule has 3 aliphatic rings. The summed E-state index contributed by atoms with van der Waals surface area (Å²) in [5, 5.41) is 2.98. The lowest BCUT2D eigenvalue weighted by molar-refractivity contribution is -0.947. The third kappa shape index (κ3) is 1.53. The normalized spacial score (nSPS) is 35.3. The number of nitrogens with one attached hydrogen (secondary N) is 2. The number of amides is 1. The fourth-order valence-electron chi connectivity index (χ4n) is 4.74. The fraction of sp³-hybridized carbons (Fsp3) is 0.500. The minimum Gasteiger partial charge on any atom is -0.469 e. The van der Waals surface area contributed by atoms with Gasteiger partial charge in [-0.15, -0.1) is 0 Å². The third-order valence-electron chi connectivity index (χ3n) is 5.61. The first kappa shape index (κ1) is 13.6. The molecule has 6 nitrogen and oxygen atoms in total. The van der Waals surface area contributed by atoms with Crippen LogP contribution in [0.1, 0.15) is 24.8 Å². The summed E-state index contributed by atoms with van der Waals surface area (Å²) < 4.78 is 4.98. The molecule has 116 valence electrons. The van der Waals surface area contributed by atoms with Crippen molar-refractivity contribution in [1.82, 2.24) is 0 Å². The van der Waals surface area contributed by atoms with Crippen molar-refractivity contribution in [2.75, 3.05) is 24.7 Å². The molecule has 0 saturated carbocycles.